The van der Waals surface area contributed by atoms with Crippen molar-refractivity contribution in [3.05, 3.63) is 46.7 Å². The van der Waals surface area contributed by atoms with Crippen molar-refractivity contribution >= 4 is 41.7 Å². The van der Waals surface area contributed by atoms with E-state index in [2.05, 4.69) is 4.99 Å². The van der Waals surface area contributed by atoms with Gasteiger partial charge in [-0.1, -0.05) is 19.1 Å². The lowest BCUT2D eigenvalue weighted by atomic mass is 9.68. The maximum atomic E-state index is 13.6. The summed E-state index contributed by atoms with van der Waals surface area (Å²) in [7, 11) is 0. The average molecular weight is 495 g/mol. The number of fused-ring (bicyclic) bond motifs is 1. The van der Waals surface area contributed by atoms with Crippen LogP contribution in [0.1, 0.15) is 60.7 Å². The molecule has 3 aliphatic heterocycles. The minimum Gasteiger partial charge on any atom is -0.481 e. The topological polar surface area (TPSA) is 168 Å². The molecule has 0 bridgehead atoms. The van der Waals surface area contributed by atoms with Gasteiger partial charge in [0.2, 0.25) is 11.8 Å². The summed E-state index contributed by atoms with van der Waals surface area (Å²) in [6.45, 7) is 4.59. The van der Waals surface area contributed by atoms with Crippen LogP contribution >= 0.6 is 0 Å². The summed E-state index contributed by atoms with van der Waals surface area (Å²) in [5.74, 6) is -5.69. The molecule has 1 aromatic carbocycles. The largest absolute Gasteiger partial charge is 0.481 e. The van der Waals surface area contributed by atoms with Gasteiger partial charge < -0.3 is 10.8 Å². The molecule has 4 atom stereocenters. The molecule has 0 aliphatic carbocycles. The van der Waals surface area contributed by atoms with Crippen LogP contribution in [0.15, 0.2) is 40.5 Å². The van der Waals surface area contributed by atoms with E-state index in [-0.39, 0.29) is 41.7 Å². The molecule has 1 saturated heterocycles. The number of aliphatic carboxylic acids is 1. The van der Waals surface area contributed by atoms with Gasteiger partial charge in [-0.05, 0) is 44.4 Å². The minimum absolute atomic E-state index is 0.0101. The molecule has 0 saturated carbocycles. The highest BCUT2D eigenvalue weighted by Crippen LogP contribution is 2.43. The molecule has 1 aromatic rings. The number of aliphatic imine (C=N–C) groups is 1. The summed E-state index contributed by atoms with van der Waals surface area (Å²) in [5, 5.41) is 9.67. The van der Waals surface area contributed by atoms with Crippen LogP contribution in [-0.2, 0) is 19.2 Å². The monoisotopic (exact) mass is 494 g/mol. The summed E-state index contributed by atoms with van der Waals surface area (Å²) in [6.07, 6.45) is 1.19. The molecule has 11 nitrogen and oxygen atoms in total. The lowest BCUT2D eigenvalue weighted by Gasteiger charge is -2.42. The number of hydrogen-bond acceptors (Lipinski definition) is 7. The Morgan fingerprint density at radius 1 is 1.17 bits per heavy atom. The van der Waals surface area contributed by atoms with Gasteiger partial charge in [0.05, 0.1) is 34.2 Å². The van der Waals surface area contributed by atoms with Crippen molar-refractivity contribution in [3.63, 3.8) is 0 Å². The normalized spacial score (nSPS) is 27.0. The Balaban J connectivity index is 1.75. The van der Waals surface area contributed by atoms with Crippen LogP contribution in [0.3, 0.4) is 0 Å². The van der Waals surface area contributed by atoms with Crippen molar-refractivity contribution in [2.75, 3.05) is 0 Å². The molecule has 4 rings (SSSR count). The van der Waals surface area contributed by atoms with Gasteiger partial charge in [-0.25, -0.2) is 4.90 Å². The van der Waals surface area contributed by atoms with Gasteiger partial charge in [0.15, 0.2) is 0 Å². The van der Waals surface area contributed by atoms with E-state index in [4.69, 9.17) is 5.73 Å². The first-order valence-corrected chi connectivity index (χ1v) is 11.6. The van der Waals surface area contributed by atoms with Gasteiger partial charge in [0.1, 0.15) is 6.04 Å². The number of rotatable bonds is 6. The van der Waals surface area contributed by atoms with Crippen LogP contribution in [0.5, 0.6) is 0 Å². The predicted octanol–water partition coefficient (Wildman–Crippen LogP) is 1.13. The predicted molar refractivity (Wildman–Crippen MR) is 126 cm³/mol. The maximum absolute atomic E-state index is 13.6. The Hall–Kier alpha value is -4.15. The van der Waals surface area contributed by atoms with E-state index in [1.807, 2.05) is 0 Å². The number of hydrogen-bond donors (Lipinski definition) is 2. The fraction of sp³-hybridized carbons (Fsp3) is 0.400. The van der Waals surface area contributed by atoms with Crippen LogP contribution in [-0.4, -0.2) is 68.7 Å². The van der Waals surface area contributed by atoms with Gasteiger partial charge in [0, 0.05) is 12.6 Å². The van der Waals surface area contributed by atoms with Crippen LogP contribution in [0.2, 0.25) is 0 Å². The second kappa shape index (κ2) is 8.81. The third-order valence-electron chi connectivity index (χ3n) is 7.53. The number of likely N-dealkylation sites (tertiary alicyclic amines) is 1. The second-order valence-corrected chi connectivity index (χ2v) is 9.30. The number of allylic oxidation sites excluding steroid dienone is 1. The number of carbonyl (C=O) groups excluding carboxylic acids is 5. The quantitative estimate of drug-likeness (QED) is 0.559. The standard InChI is InChI=1S/C25H26N4O7/c1-4-13(23(34)35)19-25(3,24(26)36)12(2)17(11-27-19)28-18(30)10-9-16(22(28)33)29-20(31)14-7-5-6-8-15(14)21(29)32/h5-8,11,13,16,19H,4,9-10H2,1-3H3,(H2,26,36)(H,34,35)/t13?,16-,19?,25?/m0/s1. The highest BCUT2D eigenvalue weighted by atomic mass is 16.4. The molecule has 1 fully saturated rings. The number of nitrogens with two attached hydrogens (primary N) is 1. The summed E-state index contributed by atoms with van der Waals surface area (Å²) in [4.78, 5) is 83.1. The molecule has 0 radical (unpaired) electrons. The first-order chi connectivity index (χ1) is 17.0. The fourth-order valence-corrected chi connectivity index (χ4v) is 5.23. The van der Waals surface area contributed by atoms with Crippen molar-refractivity contribution in [1.82, 2.24) is 9.80 Å². The van der Waals surface area contributed by atoms with Gasteiger partial charge in [-0.2, -0.15) is 0 Å². The summed E-state index contributed by atoms with van der Waals surface area (Å²) < 4.78 is 0. The molecule has 11 heteroatoms. The number of carboxylic acid groups (broad SMARTS) is 1. The van der Waals surface area contributed by atoms with E-state index in [1.54, 1.807) is 19.1 Å². The molecule has 36 heavy (non-hydrogen) atoms. The number of imide groups is 2. The lowest BCUT2D eigenvalue weighted by Crippen LogP contribution is -2.58. The summed E-state index contributed by atoms with van der Waals surface area (Å²) >= 11 is 0. The zero-order chi connectivity index (χ0) is 26.5. The summed E-state index contributed by atoms with van der Waals surface area (Å²) in [6, 6.07) is 3.93. The van der Waals surface area contributed by atoms with E-state index >= 15 is 0 Å². The van der Waals surface area contributed by atoms with Crippen LogP contribution < -0.4 is 5.73 Å². The number of nitrogens with zero attached hydrogens (tertiary/aromatic N) is 3. The smallest absolute Gasteiger partial charge is 0.308 e. The molecule has 3 aliphatic rings. The van der Waals surface area contributed by atoms with E-state index in [0.717, 1.165) is 9.80 Å². The van der Waals surface area contributed by atoms with E-state index in [1.165, 1.54) is 32.2 Å². The Labute approximate surface area is 206 Å². The first-order valence-electron chi connectivity index (χ1n) is 11.6. The van der Waals surface area contributed by atoms with Gasteiger partial charge in [-0.15, -0.1) is 0 Å². The Kier molecular flexibility index (Phi) is 6.11. The van der Waals surface area contributed by atoms with Gasteiger partial charge >= 0.3 is 5.97 Å². The molecule has 0 aromatic heterocycles. The number of benzene rings is 1. The number of piperidine rings is 1. The number of primary amides is 1. The molecule has 5 amide bonds. The fourth-order valence-electron chi connectivity index (χ4n) is 5.23. The SMILES string of the molecule is CCC(C(=O)O)C1N=CC(N2C(=O)CC[C@H](N3C(=O)c4ccccc4C3=O)C2=O)=C(C)C1(C)C(N)=O. The van der Waals surface area contributed by atoms with Crippen molar-refractivity contribution in [1.29, 1.82) is 0 Å². The Morgan fingerprint density at radius 2 is 1.75 bits per heavy atom. The zero-order valence-corrected chi connectivity index (χ0v) is 20.1. The van der Waals surface area contributed by atoms with Crippen molar-refractivity contribution < 1.29 is 33.9 Å². The summed E-state index contributed by atoms with van der Waals surface area (Å²) in [5.41, 5.74) is 4.67. The molecule has 3 N–H and O–H groups in total. The highest BCUT2D eigenvalue weighted by Gasteiger charge is 2.53. The Morgan fingerprint density at radius 3 is 2.25 bits per heavy atom. The molecular weight excluding hydrogens is 468 g/mol. The molecule has 3 unspecified atom stereocenters. The number of carboxylic acids is 1. The lowest BCUT2D eigenvalue weighted by molar-refractivity contribution is -0.149. The zero-order valence-electron chi connectivity index (χ0n) is 20.1. The van der Waals surface area contributed by atoms with E-state index in [0.29, 0.717) is 0 Å². The Bertz CT molecular complexity index is 1250. The van der Waals surface area contributed by atoms with Crippen LogP contribution in [0.4, 0.5) is 0 Å². The number of dihydropyridines is 1. The highest BCUT2D eigenvalue weighted by molar-refractivity contribution is 6.23. The van der Waals surface area contributed by atoms with E-state index < -0.39 is 58.9 Å². The minimum atomic E-state index is -1.60. The van der Waals surface area contributed by atoms with E-state index in [9.17, 15) is 33.9 Å². The molecule has 188 valence electrons. The van der Waals surface area contributed by atoms with Crippen molar-refractivity contribution in [2.45, 2.75) is 52.1 Å². The number of amides is 5. The molecular formula is C25H26N4O7. The maximum Gasteiger partial charge on any atom is 0.308 e. The second-order valence-electron chi connectivity index (χ2n) is 9.30. The van der Waals surface area contributed by atoms with Crippen LogP contribution in [0.25, 0.3) is 0 Å². The average Bonchev–Trinajstić information content (AvgIpc) is 3.08. The van der Waals surface area contributed by atoms with Crippen LogP contribution in [0, 0.1) is 11.3 Å². The first kappa shape index (κ1) is 25.0. The molecule has 0 spiro atoms. The van der Waals surface area contributed by atoms with Gasteiger partial charge in [0.25, 0.3) is 17.7 Å². The number of carbonyl (C=O) groups is 6. The molecule has 3 heterocycles. The van der Waals surface area contributed by atoms with Gasteiger partial charge in [-0.3, -0.25) is 38.7 Å². The van der Waals surface area contributed by atoms with Crippen molar-refractivity contribution in [2.24, 2.45) is 22.1 Å². The third kappa shape index (κ3) is 3.45. The third-order valence-corrected chi connectivity index (χ3v) is 7.53. The van der Waals surface area contributed by atoms with Crippen molar-refractivity contribution in [3.8, 4) is 0 Å².